The van der Waals surface area contributed by atoms with Crippen molar-refractivity contribution >= 4 is 5.91 Å². The molecular formula is C25H41N5O. The number of benzene rings is 1. The van der Waals surface area contributed by atoms with Gasteiger partial charge < -0.3 is 14.8 Å². The van der Waals surface area contributed by atoms with E-state index in [-0.39, 0.29) is 11.9 Å². The molecule has 1 fully saturated rings. The van der Waals surface area contributed by atoms with Gasteiger partial charge in [0.15, 0.2) is 0 Å². The number of nitrogens with one attached hydrogen (secondary N) is 1. The van der Waals surface area contributed by atoms with Crippen molar-refractivity contribution in [3.63, 3.8) is 0 Å². The van der Waals surface area contributed by atoms with E-state index in [0.717, 1.165) is 32.6 Å². The third-order valence-electron chi connectivity index (χ3n) is 6.41. The average molecular weight is 428 g/mol. The lowest BCUT2D eigenvalue weighted by molar-refractivity contribution is -0.131. The lowest BCUT2D eigenvalue weighted by Crippen LogP contribution is -2.56. The largest absolute Gasteiger partial charge is 0.343 e. The molecule has 0 spiro atoms. The van der Waals surface area contributed by atoms with Gasteiger partial charge in [0, 0.05) is 38.9 Å². The zero-order valence-electron chi connectivity index (χ0n) is 20.1. The fraction of sp³-hybridized carbons (Fsp3) is 0.640. The topological polar surface area (TPSA) is 42.1 Å². The quantitative estimate of drug-likeness (QED) is 0.582. The molecule has 2 aliphatic heterocycles. The Hall–Kier alpha value is -1.89. The van der Waals surface area contributed by atoms with E-state index in [2.05, 4.69) is 64.4 Å². The summed E-state index contributed by atoms with van der Waals surface area (Å²) in [6.07, 6.45) is 7.22. The first-order chi connectivity index (χ1) is 14.9. The number of piperazine rings is 1. The van der Waals surface area contributed by atoms with Crippen molar-refractivity contribution in [3.8, 4) is 0 Å². The fourth-order valence-corrected chi connectivity index (χ4v) is 4.39. The molecule has 1 aromatic carbocycles. The van der Waals surface area contributed by atoms with Crippen molar-refractivity contribution in [3.05, 3.63) is 47.2 Å². The van der Waals surface area contributed by atoms with Crippen LogP contribution in [0.5, 0.6) is 0 Å². The zero-order valence-corrected chi connectivity index (χ0v) is 20.1. The molecule has 0 aliphatic carbocycles. The second-order valence-corrected chi connectivity index (χ2v) is 9.48. The molecule has 0 saturated carbocycles. The molecule has 6 heteroatoms. The standard InChI is InChI=1S/C25H41N5O/c1-6-7-8-9-22-17-29(19-25(31)28(5)15-14-27(3)4)18-23-16-24(26-30(22)23)21-12-10-20(2)11-13-21/h10-13,16,22,24,26H,6-9,14-15,17-19H2,1-5H3. The molecule has 2 atom stereocenters. The van der Waals surface area contributed by atoms with Crippen LogP contribution in [0.4, 0.5) is 0 Å². The number of fused-ring (bicyclic) bond motifs is 1. The summed E-state index contributed by atoms with van der Waals surface area (Å²) in [5.74, 6) is 0.212. The Kier molecular flexibility index (Phi) is 8.52. The highest BCUT2D eigenvalue weighted by Gasteiger charge is 2.36. The number of hydrazine groups is 1. The van der Waals surface area contributed by atoms with Crippen molar-refractivity contribution < 1.29 is 4.79 Å². The van der Waals surface area contributed by atoms with Crippen LogP contribution in [0.15, 0.2) is 36.0 Å². The van der Waals surface area contributed by atoms with E-state index in [1.807, 2.05) is 26.0 Å². The molecule has 2 heterocycles. The Bertz CT molecular complexity index is 745. The Morgan fingerprint density at radius 3 is 2.55 bits per heavy atom. The molecule has 6 nitrogen and oxygen atoms in total. The molecule has 1 amide bonds. The minimum Gasteiger partial charge on any atom is -0.343 e. The number of aryl methyl sites for hydroxylation is 1. The van der Waals surface area contributed by atoms with E-state index in [1.54, 1.807) is 0 Å². The molecule has 2 unspecified atom stereocenters. The number of amides is 1. The fourth-order valence-electron chi connectivity index (χ4n) is 4.39. The van der Waals surface area contributed by atoms with Crippen LogP contribution in [0.3, 0.4) is 0 Å². The molecule has 1 saturated heterocycles. The van der Waals surface area contributed by atoms with Gasteiger partial charge in [-0.2, -0.15) is 0 Å². The number of rotatable bonds is 10. The van der Waals surface area contributed by atoms with E-state index in [4.69, 9.17) is 0 Å². The molecular weight excluding hydrogens is 386 g/mol. The Balaban J connectivity index is 1.68. The van der Waals surface area contributed by atoms with Gasteiger partial charge >= 0.3 is 0 Å². The first-order valence-corrected chi connectivity index (χ1v) is 11.8. The van der Waals surface area contributed by atoms with Crippen LogP contribution >= 0.6 is 0 Å². The normalized spacial score (nSPS) is 21.4. The van der Waals surface area contributed by atoms with Gasteiger partial charge in [0.25, 0.3) is 0 Å². The first kappa shape index (κ1) is 23.8. The highest BCUT2D eigenvalue weighted by atomic mass is 16.2. The van der Waals surface area contributed by atoms with Gasteiger partial charge in [-0.05, 0) is 39.1 Å². The minimum atomic E-state index is 0.211. The van der Waals surface area contributed by atoms with E-state index in [1.165, 1.54) is 36.1 Å². The van der Waals surface area contributed by atoms with E-state index in [9.17, 15) is 4.79 Å². The Morgan fingerprint density at radius 1 is 1.13 bits per heavy atom. The zero-order chi connectivity index (χ0) is 22.4. The van der Waals surface area contributed by atoms with Gasteiger partial charge in [-0.3, -0.25) is 9.69 Å². The predicted molar refractivity (Wildman–Crippen MR) is 128 cm³/mol. The Morgan fingerprint density at radius 2 is 1.87 bits per heavy atom. The van der Waals surface area contributed by atoms with Crippen LogP contribution in [0.1, 0.15) is 49.8 Å². The Labute approximate surface area is 188 Å². The number of unbranched alkanes of at least 4 members (excludes halogenated alkanes) is 2. The molecule has 1 aromatic rings. The molecule has 2 aliphatic rings. The van der Waals surface area contributed by atoms with Crippen molar-refractivity contribution in [1.82, 2.24) is 25.1 Å². The predicted octanol–water partition coefficient (Wildman–Crippen LogP) is 3.02. The summed E-state index contributed by atoms with van der Waals surface area (Å²) in [5.41, 5.74) is 7.64. The highest BCUT2D eigenvalue weighted by Crippen LogP contribution is 2.31. The van der Waals surface area contributed by atoms with Gasteiger partial charge in [0.05, 0.1) is 18.6 Å². The molecule has 0 radical (unpaired) electrons. The summed E-state index contributed by atoms with van der Waals surface area (Å²) in [6, 6.07) is 9.41. The number of carbonyl (C=O) groups is 1. The van der Waals surface area contributed by atoms with Crippen LogP contribution in [0.2, 0.25) is 0 Å². The lowest BCUT2D eigenvalue weighted by Gasteiger charge is -2.42. The second kappa shape index (κ2) is 11.1. The number of hydrogen-bond donors (Lipinski definition) is 1. The van der Waals surface area contributed by atoms with Crippen LogP contribution in [0, 0.1) is 6.92 Å². The second-order valence-electron chi connectivity index (χ2n) is 9.48. The number of likely N-dealkylation sites (N-methyl/N-ethyl adjacent to an activating group) is 2. The number of hydrogen-bond acceptors (Lipinski definition) is 5. The van der Waals surface area contributed by atoms with E-state index in [0.29, 0.717) is 12.6 Å². The monoisotopic (exact) mass is 427 g/mol. The van der Waals surface area contributed by atoms with Gasteiger partial charge in [0.2, 0.25) is 5.91 Å². The molecule has 1 N–H and O–H groups in total. The van der Waals surface area contributed by atoms with Crippen LogP contribution in [-0.4, -0.2) is 85.5 Å². The third kappa shape index (κ3) is 6.55. The molecule has 0 bridgehead atoms. The molecule has 3 rings (SSSR count). The lowest BCUT2D eigenvalue weighted by atomic mass is 10.0. The molecule has 31 heavy (non-hydrogen) atoms. The SMILES string of the molecule is CCCCCC1CN(CC(=O)N(C)CCN(C)C)CC2=CC(c3ccc(C)cc3)NN21. The third-order valence-corrected chi connectivity index (χ3v) is 6.41. The summed E-state index contributed by atoms with van der Waals surface area (Å²) in [4.78, 5) is 19.1. The van der Waals surface area contributed by atoms with Crippen molar-refractivity contribution in [2.45, 2.75) is 51.6 Å². The maximum atomic E-state index is 12.8. The van der Waals surface area contributed by atoms with Crippen LogP contribution < -0.4 is 5.43 Å². The molecule has 0 aromatic heterocycles. The number of nitrogens with zero attached hydrogens (tertiary/aromatic N) is 4. The smallest absolute Gasteiger partial charge is 0.236 e. The van der Waals surface area contributed by atoms with Crippen molar-refractivity contribution in [1.29, 1.82) is 0 Å². The number of carbonyl (C=O) groups excluding carboxylic acids is 1. The van der Waals surface area contributed by atoms with E-state index >= 15 is 0 Å². The van der Waals surface area contributed by atoms with Crippen molar-refractivity contribution in [2.24, 2.45) is 0 Å². The first-order valence-electron chi connectivity index (χ1n) is 11.8. The summed E-state index contributed by atoms with van der Waals surface area (Å²) < 4.78 is 0. The highest BCUT2D eigenvalue weighted by molar-refractivity contribution is 5.78. The molecule has 172 valence electrons. The summed E-state index contributed by atoms with van der Waals surface area (Å²) in [6.45, 7) is 8.29. The minimum absolute atomic E-state index is 0.211. The van der Waals surface area contributed by atoms with Gasteiger partial charge in [-0.25, -0.2) is 5.43 Å². The average Bonchev–Trinajstić information content (AvgIpc) is 3.16. The maximum absolute atomic E-state index is 12.8. The van der Waals surface area contributed by atoms with Crippen LogP contribution in [-0.2, 0) is 4.79 Å². The van der Waals surface area contributed by atoms with Gasteiger partial charge in [0.1, 0.15) is 0 Å². The van der Waals surface area contributed by atoms with Gasteiger partial charge in [-0.15, -0.1) is 0 Å². The van der Waals surface area contributed by atoms with Crippen LogP contribution in [0.25, 0.3) is 0 Å². The van der Waals surface area contributed by atoms with Crippen molar-refractivity contribution in [2.75, 3.05) is 53.9 Å². The van der Waals surface area contributed by atoms with E-state index < -0.39 is 0 Å². The summed E-state index contributed by atoms with van der Waals surface area (Å²) in [7, 11) is 6.01. The van der Waals surface area contributed by atoms with Gasteiger partial charge in [-0.1, -0.05) is 56.0 Å². The summed E-state index contributed by atoms with van der Waals surface area (Å²) in [5, 5.41) is 2.40. The maximum Gasteiger partial charge on any atom is 0.236 e. The summed E-state index contributed by atoms with van der Waals surface area (Å²) >= 11 is 0.